The van der Waals surface area contributed by atoms with Gasteiger partial charge in [-0.3, -0.25) is 9.47 Å². The van der Waals surface area contributed by atoms with E-state index in [0.29, 0.717) is 35.6 Å². The number of piperazine rings is 1. The molecule has 2 aromatic heterocycles. The highest BCUT2D eigenvalue weighted by atomic mass is 35.5. The topological polar surface area (TPSA) is 81.3 Å². The van der Waals surface area contributed by atoms with Crippen molar-refractivity contribution in [3.63, 3.8) is 0 Å². The van der Waals surface area contributed by atoms with E-state index >= 15 is 0 Å². The van der Waals surface area contributed by atoms with Crippen molar-refractivity contribution >= 4 is 28.6 Å². The molecule has 2 aliphatic heterocycles. The number of hydrogen-bond donors (Lipinski definition) is 0. The van der Waals surface area contributed by atoms with Gasteiger partial charge in [-0.1, -0.05) is 42.8 Å². The predicted octanol–water partition coefficient (Wildman–Crippen LogP) is 3.80. The molecule has 0 spiro atoms. The summed E-state index contributed by atoms with van der Waals surface area (Å²) >= 11 is 6.16. The second-order valence-electron chi connectivity index (χ2n) is 10.1. The molecular weight excluding hydrogens is 478 g/mol. The monoisotopic (exact) mass is 513 g/mol. The van der Waals surface area contributed by atoms with Crippen LogP contribution in [0, 0.1) is 0 Å². The third-order valence-corrected chi connectivity index (χ3v) is 8.05. The fourth-order valence-electron chi connectivity index (χ4n) is 5.85. The van der Waals surface area contributed by atoms with Crippen molar-refractivity contribution in [1.29, 1.82) is 0 Å². The van der Waals surface area contributed by atoms with Gasteiger partial charge in [0.15, 0.2) is 17.0 Å². The molecule has 0 saturated carbocycles. The van der Waals surface area contributed by atoms with Gasteiger partial charge in [-0.25, -0.2) is 9.48 Å². The van der Waals surface area contributed by atoms with Gasteiger partial charge in [-0.2, -0.15) is 4.98 Å². The summed E-state index contributed by atoms with van der Waals surface area (Å²) in [7, 11) is 1.74. The summed E-state index contributed by atoms with van der Waals surface area (Å²) < 4.78 is 9.17. The van der Waals surface area contributed by atoms with E-state index in [0.717, 1.165) is 50.4 Å². The van der Waals surface area contributed by atoms with Crippen LogP contribution in [-0.2, 0) is 18.3 Å². The Labute approximate surface area is 217 Å². The molecule has 0 bridgehead atoms. The van der Waals surface area contributed by atoms with Crippen LogP contribution in [0.25, 0.3) is 11.2 Å². The number of ether oxygens (including phenoxy) is 1. The normalized spacial score (nSPS) is 24.0. The average molecular weight is 514 g/mol. The SMILES string of the molecule is CC[C@@H]1CN(c2nc(=O)n(C)c3c2nnn3C[C@H]2CCCO2)[C@@H](C)CN1[C@@H](CC)c1ccc(Cl)cc1. The zero-order chi connectivity index (χ0) is 25.4. The lowest BCUT2D eigenvalue weighted by atomic mass is 9.96. The molecule has 2 saturated heterocycles. The van der Waals surface area contributed by atoms with Crippen molar-refractivity contribution in [2.45, 2.75) is 77.2 Å². The minimum Gasteiger partial charge on any atom is -0.376 e. The molecular formula is C26H36ClN7O2. The second kappa shape index (κ2) is 10.5. The van der Waals surface area contributed by atoms with Crippen molar-refractivity contribution in [2.24, 2.45) is 7.05 Å². The molecule has 36 heavy (non-hydrogen) atoms. The molecule has 2 aliphatic rings. The van der Waals surface area contributed by atoms with E-state index < -0.39 is 0 Å². The average Bonchev–Trinajstić information content (AvgIpc) is 3.54. The van der Waals surface area contributed by atoms with E-state index in [2.05, 4.69) is 58.0 Å². The zero-order valence-corrected chi connectivity index (χ0v) is 22.4. The predicted molar refractivity (Wildman–Crippen MR) is 142 cm³/mol. The van der Waals surface area contributed by atoms with Gasteiger partial charge < -0.3 is 9.64 Å². The first kappa shape index (κ1) is 25.2. The van der Waals surface area contributed by atoms with Crippen LogP contribution in [0.1, 0.15) is 58.1 Å². The third kappa shape index (κ3) is 4.64. The van der Waals surface area contributed by atoms with E-state index in [1.165, 1.54) is 5.56 Å². The van der Waals surface area contributed by atoms with Crippen molar-refractivity contribution in [3.8, 4) is 0 Å². The van der Waals surface area contributed by atoms with Gasteiger partial charge in [0.05, 0.1) is 12.6 Å². The van der Waals surface area contributed by atoms with Crippen molar-refractivity contribution in [3.05, 3.63) is 45.3 Å². The molecule has 0 amide bonds. The lowest BCUT2D eigenvalue weighted by Crippen LogP contribution is -2.58. The largest absolute Gasteiger partial charge is 0.376 e. The number of rotatable bonds is 7. The summed E-state index contributed by atoms with van der Waals surface area (Å²) in [5.74, 6) is 0.636. The minimum atomic E-state index is -0.288. The van der Waals surface area contributed by atoms with Gasteiger partial charge in [0.1, 0.15) is 0 Å². The fraction of sp³-hybridized carbons (Fsp3) is 0.615. The Balaban J connectivity index is 1.47. The number of aromatic nitrogens is 5. The summed E-state index contributed by atoms with van der Waals surface area (Å²) in [4.78, 5) is 22.3. The van der Waals surface area contributed by atoms with E-state index in [1.54, 1.807) is 11.6 Å². The fourth-order valence-corrected chi connectivity index (χ4v) is 5.98. The zero-order valence-electron chi connectivity index (χ0n) is 21.6. The molecule has 3 aromatic rings. The number of benzene rings is 1. The van der Waals surface area contributed by atoms with Crippen LogP contribution in [0.4, 0.5) is 5.82 Å². The molecule has 5 rings (SSSR count). The van der Waals surface area contributed by atoms with Crippen LogP contribution in [0.3, 0.4) is 0 Å². The van der Waals surface area contributed by atoms with Crippen molar-refractivity contribution in [2.75, 3.05) is 24.6 Å². The van der Waals surface area contributed by atoms with E-state index in [-0.39, 0.29) is 17.8 Å². The van der Waals surface area contributed by atoms with Crippen LogP contribution in [0.2, 0.25) is 5.02 Å². The molecule has 2 fully saturated rings. The number of halogens is 1. The third-order valence-electron chi connectivity index (χ3n) is 7.80. The number of nitrogens with zero attached hydrogens (tertiary/aromatic N) is 7. The van der Waals surface area contributed by atoms with Gasteiger partial charge in [0, 0.05) is 49.9 Å². The maximum absolute atomic E-state index is 13.0. The van der Waals surface area contributed by atoms with E-state index in [1.807, 2.05) is 16.8 Å². The molecule has 0 N–H and O–H groups in total. The summed E-state index contributed by atoms with van der Waals surface area (Å²) in [5.41, 5.74) is 2.38. The molecule has 10 heteroatoms. The first-order valence-electron chi connectivity index (χ1n) is 13.1. The maximum atomic E-state index is 13.0. The highest BCUT2D eigenvalue weighted by Gasteiger charge is 2.37. The molecule has 0 unspecified atom stereocenters. The Bertz CT molecular complexity index is 1250. The minimum absolute atomic E-state index is 0.104. The summed E-state index contributed by atoms with van der Waals surface area (Å²) in [6.45, 7) is 9.67. The van der Waals surface area contributed by atoms with Gasteiger partial charge in [-0.15, -0.1) is 5.10 Å². The molecule has 9 nitrogen and oxygen atoms in total. The van der Waals surface area contributed by atoms with Crippen molar-refractivity contribution < 1.29 is 4.74 Å². The van der Waals surface area contributed by atoms with E-state index in [4.69, 9.17) is 16.3 Å². The Morgan fingerprint density at radius 1 is 1.19 bits per heavy atom. The summed E-state index contributed by atoms with van der Waals surface area (Å²) in [5, 5.41) is 9.70. The van der Waals surface area contributed by atoms with Crippen LogP contribution < -0.4 is 10.6 Å². The summed E-state index contributed by atoms with van der Waals surface area (Å²) in [6.07, 6.45) is 4.16. The smallest absolute Gasteiger partial charge is 0.351 e. The van der Waals surface area contributed by atoms with Gasteiger partial charge >= 0.3 is 5.69 Å². The lowest BCUT2D eigenvalue weighted by molar-refractivity contribution is 0.0939. The van der Waals surface area contributed by atoms with Crippen LogP contribution >= 0.6 is 11.6 Å². The number of hydrogen-bond acceptors (Lipinski definition) is 7. The highest BCUT2D eigenvalue weighted by molar-refractivity contribution is 6.30. The Morgan fingerprint density at radius 3 is 2.64 bits per heavy atom. The lowest BCUT2D eigenvalue weighted by Gasteiger charge is -2.48. The van der Waals surface area contributed by atoms with Gasteiger partial charge in [0.2, 0.25) is 0 Å². The van der Waals surface area contributed by atoms with Crippen LogP contribution in [0.15, 0.2) is 29.1 Å². The molecule has 4 heterocycles. The first-order valence-corrected chi connectivity index (χ1v) is 13.5. The van der Waals surface area contributed by atoms with Crippen molar-refractivity contribution in [1.82, 2.24) is 29.4 Å². The molecule has 194 valence electrons. The standard InChI is InChI=1S/C26H36ClN7O2/c1-5-20-15-32(17(3)14-33(20)22(6-2)18-9-11-19(27)12-10-18)24-23-25(31(4)26(35)28-24)34(30-29-23)16-21-8-7-13-36-21/h9-12,17,20-22H,5-8,13-16H2,1-4H3/t17-,20+,21+,22-/m0/s1. The van der Waals surface area contributed by atoms with E-state index in [9.17, 15) is 4.79 Å². The number of fused-ring (bicyclic) bond motifs is 1. The quantitative estimate of drug-likeness (QED) is 0.475. The summed E-state index contributed by atoms with van der Waals surface area (Å²) in [6, 6.07) is 8.99. The molecule has 0 radical (unpaired) electrons. The Kier molecular flexibility index (Phi) is 7.32. The highest BCUT2D eigenvalue weighted by Crippen LogP contribution is 2.34. The molecule has 1 aromatic carbocycles. The number of aryl methyl sites for hydroxylation is 1. The van der Waals surface area contributed by atoms with Crippen LogP contribution in [-0.4, -0.2) is 67.3 Å². The second-order valence-corrected chi connectivity index (χ2v) is 10.5. The van der Waals surface area contributed by atoms with Crippen LogP contribution in [0.5, 0.6) is 0 Å². The first-order chi connectivity index (χ1) is 17.4. The number of anilines is 1. The molecule has 4 atom stereocenters. The maximum Gasteiger partial charge on any atom is 0.351 e. The molecule has 0 aliphatic carbocycles. The van der Waals surface area contributed by atoms with Gasteiger partial charge in [0.25, 0.3) is 0 Å². The Morgan fingerprint density at radius 2 is 1.97 bits per heavy atom. The van der Waals surface area contributed by atoms with Gasteiger partial charge in [-0.05, 0) is 50.3 Å². The Hall–Kier alpha value is -2.49.